The van der Waals surface area contributed by atoms with E-state index in [9.17, 15) is 0 Å². The summed E-state index contributed by atoms with van der Waals surface area (Å²) in [5, 5.41) is 5.64. The zero-order valence-corrected chi connectivity index (χ0v) is 19.5. The Hall–Kier alpha value is -4.38. The number of benzene rings is 4. The summed E-state index contributed by atoms with van der Waals surface area (Å²) in [7, 11) is -3.14. The van der Waals surface area contributed by atoms with Crippen LogP contribution < -0.4 is 15.9 Å². The van der Waals surface area contributed by atoms with Gasteiger partial charge in [0.25, 0.3) is 0 Å². The Morgan fingerprint density at radius 2 is 1.29 bits per heavy atom. The summed E-state index contributed by atoms with van der Waals surface area (Å²) >= 11 is 0. The van der Waals surface area contributed by atoms with Crippen LogP contribution in [0.1, 0.15) is 0 Å². The fraction of sp³-hybridized carbons (Fsp3) is 0. The SMILES string of the molecule is O=P1(c2cccc3c4cc#ccc4n4c5ccccc5nc4c23)c2ccccc2-c2ccccc21. The molecule has 0 radical (unpaired) electrons. The topological polar surface area (TPSA) is 34.4 Å². The second-order valence-corrected chi connectivity index (χ2v) is 11.6. The van der Waals surface area contributed by atoms with Crippen molar-refractivity contribution >= 4 is 61.4 Å². The first-order valence-corrected chi connectivity index (χ1v) is 13.3. The molecule has 0 spiro atoms. The summed E-state index contributed by atoms with van der Waals surface area (Å²) in [4.78, 5) is 5.09. The van der Waals surface area contributed by atoms with Gasteiger partial charge in [-0.1, -0.05) is 91.0 Å². The highest BCUT2D eigenvalue weighted by molar-refractivity contribution is 7.86. The Bertz CT molecular complexity index is 2000. The minimum Gasteiger partial charge on any atom is -0.309 e. The van der Waals surface area contributed by atoms with Gasteiger partial charge in [0.15, 0.2) is 7.14 Å². The molecule has 0 fully saturated rings. The van der Waals surface area contributed by atoms with Crippen molar-refractivity contribution < 1.29 is 4.57 Å². The number of pyridine rings is 1. The molecule has 2 aromatic heterocycles. The van der Waals surface area contributed by atoms with Gasteiger partial charge in [-0.2, -0.15) is 0 Å². The molecule has 0 saturated carbocycles. The second kappa shape index (κ2) is 6.60. The molecule has 5 aromatic carbocycles. The van der Waals surface area contributed by atoms with E-state index in [1.165, 1.54) is 0 Å². The number of rotatable bonds is 1. The second-order valence-electron chi connectivity index (χ2n) is 8.98. The highest BCUT2D eigenvalue weighted by Crippen LogP contribution is 2.53. The van der Waals surface area contributed by atoms with Crippen LogP contribution in [0.25, 0.3) is 49.5 Å². The molecule has 3 heterocycles. The molecule has 1 aliphatic heterocycles. The van der Waals surface area contributed by atoms with Gasteiger partial charge in [-0.3, -0.25) is 4.40 Å². The molecular weight excluding hydrogens is 447 g/mol. The van der Waals surface area contributed by atoms with Crippen molar-refractivity contribution in [2.75, 3.05) is 0 Å². The molecule has 0 unspecified atom stereocenters. The molecule has 0 atom stereocenters. The molecular formula is C31H17N2OP. The van der Waals surface area contributed by atoms with Gasteiger partial charge in [0.1, 0.15) is 5.65 Å². The first kappa shape index (κ1) is 19.0. The van der Waals surface area contributed by atoms with Crippen LogP contribution in [0.2, 0.25) is 0 Å². The maximum atomic E-state index is 15.4. The Kier molecular flexibility index (Phi) is 3.58. The minimum atomic E-state index is -3.14. The zero-order valence-electron chi connectivity index (χ0n) is 18.6. The van der Waals surface area contributed by atoms with E-state index < -0.39 is 7.14 Å². The van der Waals surface area contributed by atoms with Gasteiger partial charge >= 0.3 is 0 Å². The summed E-state index contributed by atoms with van der Waals surface area (Å²) in [6.07, 6.45) is 0. The predicted molar refractivity (Wildman–Crippen MR) is 144 cm³/mol. The Labute approximate surface area is 201 Å². The smallest absolute Gasteiger partial charge is 0.172 e. The normalized spacial score (nSPS) is 13.8. The lowest BCUT2D eigenvalue weighted by Gasteiger charge is -2.19. The van der Waals surface area contributed by atoms with Gasteiger partial charge in [0.2, 0.25) is 0 Å². The number of imidazole rings is 1. The molecule has 162 valence electrons. The first-order valence-electron chi connectivity index (χ1n) is 11.6. The number of hydrogen-bond acceptors (Lipinski definition) is 2. The fourth-order valence-corrected chi connectivity index (χ4v) is 9.09. The van der Waals surface area contributed by atoms with E-state index in [0.717, 1.165) is 65.4 Å². The highest BCUT2D eigenvalue weighted by atomic mass is 31.2. The molecule has 7 aromatic rings. The van der Waals surface area contributed by atoms with E-state index in [-0.39, 0.29) is 0 Å². The van der Waals surface area contributed by atoms with Crippen molar-refractivity contribution in [2.45, 2.75) is 0 Å². The minimum absolute atomic E-state index is 0.820. The molecule has 0 N–H and O–H groups in total. The average molecular weight is 464 g/mol. The lowest BCUT2D eigenvalue weighted by molar-refractivity contribution is 0.593. The van der Waals surface area contributed by atoms with Crippen molar-refractivity contribution in [2.24, 2.45) is 0 Å². The van der Waals surface area contributed by atoms with Crippen molar-refractivity contribution in [3.8, 4) is 11.1 Å². The number of nitrogens with zero attached hydrogens (tertiary/aromatic N) is 2. The van der Waals surface area contributed by atoms with Crippen LogP contribution in [0, 0.1) is 12.1 Å². The summed E-state index contributed by atoms with van der Waals surface area (Å²) in [5.74, 6) is 0. The maximum absolute atomic E-state index is 15.4. The summed E-state index contributed by atoms with van der Waals surface area (Å²) in [5.41, 5.74) is 5.88. The lowest BCUT2D eigenvalue weighted by atomic mass is 10.1. The van der Waals surface area contributed by atoms with Crippen LogP contribution in [0.3, 0.4) is 0 Å². The number of aromatic nitrogens is 2. The van der Waals surface area contributed by atoms with Gasteiger partial charge in [-0.25, -0.2) is 4.98 Å². The predicted octanol–water partition coefficient (Wildman–Crippen LogP) is 6.01. The molecule has 0 aliphatic carbocycles. The van der Waals surface area contributed by atoms with Crippen molar-refractivity contribution in [1.29, 1.82) is 0 Å². The summed E-state index contributed by atoms with van der Waals surface area (Å²) < 4.78 is 17.6. The first-order chi connectivity index (χ1) is 17.3. The van der Waals surface area contributed by atoms with Gasteiger partial charge in [-0.15, -0.1) is 0 Å². The standard InChI is InChI=1S/C31H17N2OP/c34-35(27-17-7-2-11-21(27)22-12-3-8-18-28(22)35)29-19-9-13-23-20-10-1-5-15-25(20)33-26-16-6-4-14-24(26)32-31(33)30(23)29/h2-4,6-19H. The quantitative estimate of drug-likeness (QED) is 0.279. The average Bonchev–Trinajstić information content (AvgIpc) is 3.44. The van der Waals surface area contributed by atoms with E-state index in [1.807, 2.05) is 78.9 Å². The zero-order chi connectivity index (χ0) is 23.1. The highest BCUT2D eigenvalue weighted by Gasteiger charge is 2.41. The Morgan fingerprint density at radius 1 is 0.629 bits per heavy atom. The molecule has 8 rings (SSSR count). The van der Waals surface area contributed by atoms with Crippen LogP contribution >= 0.6 is 7.14 Å². The van der Waals surface area contributed by atoms with Gasteiger partial charge < -0.3 is 4.57 Å². The third-order valence-electron chi connectivity index (χ3n) is 7.26. The third-order valence-corrected chi connectivity index (χ3v) is 10.4. The van der Waals surface area contributed by atoms with Crippen molar-refractivity contribution in [3.05, 3.63) is 115 Å². The number of hydrogen-bond donors (Lipinski definition) is 0. The molecule has 4 heteroatoms. The number of fused-ring (bicyclic) bond motifs is 11. The van der Waals surface area contributed by atoms with E-state index in [2.05, 4.69) is 40.8 Å². The number of para-hydroxylation sites is 2. The monoisotopic (exact) mass is 464 g/mol. The molecule has 35 heavy (non-hydrogen) atoms. The van der Waals surface area contributed by atoms with Crippen LogP contribution in [0.4, 0.5) is 0 Å². The van der Waals surface area contributed by atoms with E-state index in [4.69, 9.17) is 4.98 Å². The molecule has 1 aliphatic rings. The largest absolute Gasteiger partial charge is 0.309 e. The van der Waals surface area contributed by atoms with E-state index in [0.29, 0.717) is 0 Å². The summed E-state index contributed by atoms with van der Waals surface area (Å²) in [6.45, 7) is 0. The van der Waals surface area contributed by atoms with Crippen LogP contribution in [-0.2, 0) is 4.57 Å². The maximum Gasteiger partial charge on any atom is 0.172 e. The Balaban J connectivity index is 1.64. The van der Waals surface area contributed by atoms with E-state index >= 15 is 4.57 Å². The van der Waals surface area contributed by atoms with Gasteiger partial charge in [0, 0.05) is 32.8 Å². The molecule has 0 amide bonds. The Morgan fingerprint density at radius 3 is 2.09 bits per heavy atom. The van der Waals surface area contributed by atoms with Crippen LogP contribution in [0.15, 0.2) is 103 Å². The van der Waals surface area contributed by atoms with Gasteiger partial charge in [0.05, 0.1) is 16.6 Å². The molecule has 0 bridgehead atoms. The van der Waals surface area contributed by atoms with Crippen LogP contribution in [-0.4, -0.2) is 9.38 Å². The van der Waals surface area contributed by atoms with Crippen molar-refractivity contribution in [3.63, 3.8) is 0 Å². The van der Waals surface area contributed by atoms with Crippen LogP contribution in [0.5, 0.6) is 0 Å². The summed E-state index contributed by atoms with van der Waals surface area (Å²) in [6, 6.07) is 40.7. The fourth-order valence-electron chi connectivity index (χ4n) is 5.82. The molecule has 0 saturated heterocycles. The third kappa shape index (κ3) is 2.28. The van der Waals surface area contributed by atoms with Gasteiger partial charge in [-0.05, 0) is 34.7 Å². The molecule has 3 nitrogen and oxygen atoms in total. The van der Waals surface area contributed by atoms with Crippen molar-refractivity contribution in [1.82, 2.24) is 9.38 Å². The van der Waals surface area contributed by atoms with E-state index in [1.54, 1.807) is 0 Å². The lowest BCUT2D eigenvalue weighted by Crippen LogP contribution is -2.22.